The summed E-state index contributed by atoms with van der Waals surface area (Å²) in [5.74, 6) is 2.09. The standard InChI is InChI=1S/C12H13BrN2O/c1-3-4-11(14)12(16)15-10-6-8(2)5-9(13)7-10/h1,5-7,11H,4,14H2,2H3,(H,15,16). The molecule has 84 valence electrons. The number of halogens is 1. The fourth-order valence-electron chi connectivity index (χ4n) is 1.26. The minimum atomic E-state index is -0.663. The van der Waals surface area contributed by atoms with Crippen LogP contribution >= 0.6 is 15.9 Å². The number of nitrogens with two attached hydrogens (primary N) is 1. The van der Waals surface area contributed by atoms with Gasteiger partial charge in [-0.25, -0.2) is 0 Å². The molecular formula is C12H13BrN2O. The average Bonchev–Trinajstić information content (AvgIpc) is 2.16. The van der Waals surface area contributed by atoms with E-state index in [0.717, 1.165) is 10.0 Å². The topological polar surface area (TPSA) is 55.1 Å². The summed E-state index contributed by atoms with van der Waals surface area (Å²) < 4.78 is 0.910. The Balaban J connectivity index is 2.73. The van der Waals surface area contributed by atoms with Crippen LogP contribution in [0.3, 0.4) is 0 Å². The third-order valence-electron chi connectivity index (χ3n) is 1.98. The van der Waals surface area contributed by atoms with Gasteiger partial charge in [0.05, 0.1) is 6.04 Å². The van der Waals surface area contributed by atoms with Crippen LogP contribution in [0.25, 0.3) is 0 Å². The van der Waals surface area contributed by atoms with Gasteiger partial charge in [-0.05, 0) is 30.7 Å². The lowest BCUT2D eigenvalue weighted by Gasteiger charge is -2.10. The number of anilines is 1. The van der Waals surface area contributed by atoms with Crippen molar-refractivity contribution in [2.45, 2.75) is 19.4 Å². The van der Waals surface area contributed by atoms with Crippen molar-refractivity contribution in [3.05, 3.63) is 28.2 Å². The summed E-state index contributed by atoms with van der Waals surface area (Å²) in [6.45, 7) is 1.95. The Morgan fingerprint density at radius 1 is 1.62 bits per heavy atom. The second-order valence-corrected chi connectivity index (χ2v) is 4.44. The molecule has 0 aromatic heterocycles. The quantitative estimate of drug-likeness (QED) is 0.833. The lowest BCUT2D eigenvalue weighted by atomic mass is 10.2. The van der Waals surface area contributed by atoms with E-state index in [4.69, 9.17) is 12.2 Å². The van der Waals surface area contributed by atoms with Crippen molar-refractivity contribution in [1.29, 1.82) is 0 Å². The molecular weight excluding hydrogens is 268 g/mol. The van der Waals surface area contributed by atoms with E-state index in [9.17, 15) is 4.79 Å². The molecule has 1 amide bonds. The Bertz CT molecular complexity index is 417. The van der Waals surface area contributed by atoms with Crippen LogP contribution in [0, 0.1) is 19.3 Å². The van der Waals surface area contributed by atoms with E-state index in [-0.39, 0.29) is 12.3 Å². The number of hydrogen-bond acceptors (Lipinski definition) is 2. The molecule has 16 heavy (non-hydrogen) atoms. The largest absolute Gasteiger partial charge is 0.325 e. The highest BCUT2D eigenvalue weighted by atomic mass is 79.9. The normalized spacial score (nSPS) is 11.6. The molecule has 0 radical (unpaired) electrons. The first-order valence-corrected chi connectivity index (χ1v) is 5.59. The number of rotatable bonds is 3. The summed E-state index contributed by atoms with van der Waals surface area (Å²) in [7, 11) is 0. The Labute approximate surface area is 104 Å². The van der Waals surface area contributed by atoms with Crippen molar-refractivity contribution >= 4 is 27.5 Å². The van der Waals surface area contributed by atoms with Gasteiger partial charge in [0.2, 0.25) is 5.91 Å². The van der Waals surface area contributed by atoms with Gasteiger partial charge in [0.25, 0.3) is 0 Å². The summed E-state index contributed by atoms with van der Waals surface area (Å²) in [6.07, 6.45) is 5.33. The number of carbonyl (C=O) groups is 1. The third-order valence-corrected chi connectivity index (χ3v) is 2.44. The summed E-state index contributed by atoms with van der Waals surface area (Å²) in [6, 6.07) is 4.97. The molecule has 1 rings (SSSR count). The van der Waals surface area contributed by atoms with Crippen molar-refractivity contribution < 1.29 is 4.79 Å². The first-order chi connectivity index (χ1) is 7.52. The third kappa shape index (κ3) is 3.69. The fourth-order valence-corrected chi connectivity index (χ4v) is 1.87. The Hall–Kier alpha value is -1.31. The Morgan fingerprint density at radius 3 is 2.88 bits per heavy atom. The second kappa shape index (κ2) is 5.69. The average molecular weight is 281 g/mol. The van der Waals surface area contributed by atoms with Gasteiger partial charge in [0.15, 0.2) is 0 Å². The van der Waals surface area contributed by atoms with Crippen LogP contribution in [-0.2, 0) is 4.79 Å². The number of benzene rings is 1. The maximum absolute atomic E-state index is 11.6. The van der Waals surface area contributed by atoms with Crippen LogP contribution in [0.15, 0.2) is 22.7 Å². The molecule has 3 N–H and O–H groups in total. The number of terminal acetylenes is 1. The van der Waals surface area contributed by atoms with Crippen LogP contribution in [0.4, 0.5) is 5.69 Å². The van der Waals surface area contributed by atoms with Crippen molar-refractivity contribution in [2.75, 3.05) is 5.32 Å². The predicted octanol–water partition coefficient (Wildman–Crippen LogP) is 2.05. The molecule has 0 aliphatic carbocycles. The number of aryl methyl sites for hydroxylation is 1. The molecule has 4 heteroatoms. The maximum atomic E-state index is 11.6. The summed E-state index contributed by atoms with van der Waals surface area (Å²) >= 11 is 3.36. The number of hydrogen-bond donors (Lipinski definition) is 2. The van der Waals surface area contributed by atoms with Crippen LogP contribution in [0.5, 0.6) is 0 Å². The zero-order valence-corrected chi connectivity index (χ0v) is 10.5. The predicted molar refractivity (Wildman–Crippen MR) is 68.9 cm³/mol. The number of nitrogens with one attached hydrogen (secondary N) is 1. The van der Waals surface area contributed by atoms with Crippen molar-refractivity contribution in [2.24, 2.45) is 5.73 Å². The van der Waals surface area contributed by atoms with Crippen molar-refractivity contribution in [3.63, 3.8) is 0 Å². The molecule has 0 fully saturated rings. The summed E-state index contributed by atoms with van der Waals surface area (Å²) in [5, 5.41) is 2.72. The molecule has 0 aliphatic rings. The van der Waals surface area contributed by atoms with Gasteiger partial charge in [-0.15, -0.1) is 12.3 Å². The molecule has 3 nitrogen and oxygen atoms in total. The summed E-state index contributed by atoms with van der Waals surface area (Å²) in [5.41, 5.74) is 7.35. The first-order valence-electron chi connectivity index (χ1n) is 4.80. The van der Waals surface area contributed by atoms with Gasteiger partial charge in [0.1, 0.15) is 0 Å². The van der Waals surface area contributed by atoms with E-state index < -0.39 is 6.04 Å². The van der Waals surface area contributed by atoms with Gasteiger partial charge >= 0.3 is 0 Å². The van der Waals surface area contributed by atoms with Gasteiger partial charge in [-0.3, -0.25) is 4.79 Å². The molecule has 1 atom stereocenters. The van der Waals surface area contributed by atoms with E-state index in [1.807, 2.05) is 25.1 Å². The smallest absolute Gasteiger partial charge is 0.242 e. The minimum Gasteiger partial charge on any atom is -0.325 e. The summed E-state index contributed by atoms with van der Waals surface area (Å²) in [4.78, 5) is 11.6. The molecule has 0 saturated carbocycles. The highest BCUT2D eigenvalue weighted by molar-refractivity contribution is 9.10. The highest BCUT2D eigenvalue weighted by Gasteiger charge is 2.12. The SMILES string of the molecule is C#CCC(N)C(=O)Nc1cc(C)cc(Br)c1. The van der Waals surface area contributed by atoms with Crippen LogP contribution < -0.4 is 11.1 Å². The van der Waals surface area contributed by atoms with Crippen LogP contribution in [0.2, 0.25) is 0 Å². The molecule has 1 unspecified atom stereocenters. The second-order valence-electron chi connectivity index (χ2n) is 3.52. The van der Waals surface area contributed by atoms with E-state index in [2.05, 4.69) is 27.2 Å². The monoisotopic (exact) mass is 280 g/mol. The Kier molecular flexibility index (Phi) is 4.53. The van der Waals surface area contributed by atoms with Crippen LogP contribution in [-0.4, -0.2) is 11.9 Å². The zero-order valence-electron chi connectivity index (χ0n) is 8.96. The fraction of sp³-hybridized carbons (Fsp3) is 0.250. The number of amides is 1. The van der Waals surface area contributed by atoms with Crippen molar-refractivity contribution in [3.8, 4) is 12.3 Å². The van der Waals surface area contributed by atoms with E-state index >= 15 is 0 Å². The molecule has 0 spiro atoms. The lowest BCUT2D eigenvalue weighted by molar-refractivity contribution is -0.117. The lowest BCUT2D eigenvalue weighted by Crippen LogP contribution is -2.35. The Morgan fingerprint density at radius 2 is 2.31 bits per heavy atom. The molecule has 0 heterocycles. The van der Waals surface area contributed by atoms with E-state index in [1.54, 1.807) is 0 Å². The zero-order chi connectivity index (χ0) is 12.1. The van der Waals surface area contributed by atoms with Gasteiger partial charge < -0.3 is 11.1 Å². The minimum absolute atomic E-state index is 0.235. The van der Waals surface area contributed by atoms with E-state index in [1.165, 1.54) is 0 Å². The van der Waals surface area contributed by atoms with Gasteiger partial charge in [0, 0.05) is 16.6 Å². The molecule has 1 aromatic carbocycles. The highest BCUT2D eigenvalue weighted by Crippen LogP contribution is 2.19. The maximum Gasteiger partial charge on any atom is 0.242 e. The van der Waals surface area contributed by atoms with Gasteiger partial charge in [-0.1, -0.05) is 15.9 Å². The number of carbonyl (C=O) groups excluding carboxylic acids is 1. The van der Waals surface area contributed by atoms with E-state index in [0.29, 0.717) is 5.69 Å². The molecule has 0 aliphatic heterocycles. The van der Waals surface area contributed by atoms with Crippen molar-refractivity contribution in [1.82, 2.24) is 0 Å². The first kappa shape index (κ1) is 12.8. The van der Waals surface area contributed by atoms with Gasteiger partial charge in [-0.2, -0.15) is 0 Å². The molecule has 0 saturated heterocycles. The van der Waals surface area contributed by atoms with Crippen LogP contribution in [0.1, 0.15) is 12.0 Å². The molecule has 1 aromatic rings. The molecule has 0 bridgehead atoms.